The Morgan fingerprint density at radius 2 is 0.912 bits per heavy atom. The molecule has 3 saturated carbocycles. The van der Waals surface area contributed by atoms with Gasteiger partial charge in [-0.3, -0.25) is 32.4 Å². The van der Waals surface area contributed by atoms with E-state index in [1.807, 2.05) is 110 Å². The number of carboxylic acid groups (broad SMARTS) is 2. The standard InChI is InChI=1S/C24H28N6O2.C23H20ClN7OS.C23H25N5O2.C22H23N5O3/c1-14(31)27-13-15-6-8-16(9-7-15)24-29-21(22-23(25)26-10-11-30(22)24)18-12-17-4-3-5-19(32-2)20(17)28-18;24-16-3-1-2-14-10-17(28-18(14)16)19-20-21(25)26-12-27-31(20)22(29-19)13-4-7-30(8-5-13)23(32)15-6-9-33-11-15;1-2-13-4-3-5-16-12-17(26-18(13)16)19-20-21(24)25-10-11-28(20)22(27-19)14-6-8-15(9-7-14)23(29)30;1-30-16-4-2-3-14-11-15(25-17(14)16)18-19-20(23)24-9-10-27(19)21(26-18)12-5-7-13(8-6-12)22(28)29/h3-5,10-12,15-16,28H,6-9,13H2,1-2H3,(H2,25,26)(H,27,31);1-3,6,9-13,28H,4-5,7-8H2,(H2,25,26,27);3-5,10-12,14-15,26H,2,6-9H2,1H3,(H2,24,25)(H,29,30);2-4,9-13,25H,5-8H2,1H3,(H2,23,24)(H,28,29). The second-order valence-electron chi connectivity index (χ2n) is 32.8. The number of piperidine rings is 1. The van der Waals surface area contributed by atoms with Crippen LogP contribution in [0.1, 0.15) is 167 Å². The van der Waals surface area contributed by atoms with Gasteiger partial charge in [-0.05, 0) is 162 Å². The zero-order valence-corrected chi connectivity index (χ0v) is 71.1. The molecule has 13 aromatic heterocycles. The lowest BCUT2D eigenvalue weighted by Gasteiger charge is -2.31. The molecule has 0 bridgehead atoms. The van der Waals surface area contributed by atoms with E-state index in [9.17, 15) is 29.4 Å². The summed E-state index contributed by atoms with van der Waals surface area (Å²) in [4.78, 5) is 99.6. The fourth-order valence-corrected chi connectivity index (χ4v) is 19.7. The van der Waals surface area contributed by atoms with Crippen molar-refractivity contribution in [1.82, 2.24) is 92.8 Å². The number of aromatic amines is 4. The van der Waals surface area contributed by atoms with Crippen LogP contribution < -0.4 is 37.7 Å². The van der Waals surface area contributed by atoms with Crippen LogP contribution in [0.2, 0.25) is 5.02 Å². The van der Waals surface area contributed by atoms with E-state index in [0.717, 1.165) is 218 Å². The SMILES string of the molecule is CCc1cccc2cc(-c3nc(C4CCC(C(=O)O)CC4)n4ccnc(N)c34)[nH]c12.COc1cccc2cc(-c3nc(C4CCC(C(=O)O)CC4)n4ccnc(N)c34)[nH]c12.COc1cccc2cc(-c3nc(C4CCC(CNC(C)=O)CC4)n4ccnc(N)c34)[nH]c12.Nc1ncnn2c(C3CCN(C(=O)c4ccsc4)CC3)nc(-c3cc4cccc(Cl)c4[nH]3)c12. The van der Waals surface area contributed by atoms with Gasteiger partial charge in [0.2, 0.25) is 5.91 Å². The van der Waals surface area contributed by atoms with Crippen molar-refractivity contribution < 1.29 is 38.9 Å². The summed E-state index contributed by atoms with van der Waals surface area (Å²) in [5.41, 5.74) is 40.6. The number of amides is 2. The number of halogens is 1. The fraction of sp³-hybridized carbons (Fsp3) is 0.315. The number of thiophene rings is 1. The number of nitrogens with zero attached hydrogens (tertiary/aromatic N) is 14. The van der Waals surface area contributed by atoms with Gasteiger partial charge in [-0.2, -0.15) is 16.4 Å². The minimum absolute atomic E-state index is 0.0361. The van der Waals surface area contributed by atoms with Gasteiger partial charge in [0.1, 0.15) is 103 Å². The number of carboxylic acids is 2. The molecule has 0 atom stereocenters. The summed E-state index contributed by atoms with van der Waals surface area (Å²) in [6.07, 6.45) is 24.9. The van der Waals surface area contributed by atoms with Gasteiger partial charge >= 0.3 is 11.9 Å². The highest BCUT2D eigenvalue weighted by atomic mass is 35.5. The van der Waals surface area contributed by atoms with Crippen LogP contribution in [0.15, 0.2) is 157 Å². The van der Waals surface area contributed by atoms with Crippen molar-refractivity contribution in [2.75, 3.05) is 56.8 Å². The topological polar surface area (TPSA) is 443 Å². The molecule has 640 valence electrons. The Bertz CT molecular complexity index is 6710. The maximum atomic E-state index is 12.7. The number of rotatable bonds is 16. The Morgan fingerprint density at radius 1 is 0.504 bits per heavy atom. The van der Waals surface area contributed by atoms with Gasteiger partial charge in [0, 0.05) is 120 Å². The molecule has 14 heterocycles. The van der Waals surface area contributed by atoms with E-state index in [0.29, 0.717) is 90.1 Å². The molecule has 4 aromatic carbocycles. The second-order valence-corrected chi connectivity index (χ2v) is 34.0. The average molecular weight is 1720 g/mol. The number of carbonyl (C=O) groups is 4. The number of likely N-dealkylation sites (tertiary alicyclic amines) is 1. The van der Waals surface area contributed by atoms with Crippen LogP contribution in [0.5, 0.6) is 11.5 Å². The number of nitrogen functional groups attached to an aromatic ring is 4. The van der Waals surface area contributed by atoms with Crippen LogP contribution in [0.4, 0.5) is 23.3 Å². The number of hydrogen-bond acceptors (Lipinski definition) is 20. The predicted molar refractivity (Wildman–Crippen MR) is 484 cm³/mol. The lowest BCUT2D eigenvalue weighted by molar-refractivity contribution is -0.143. The summed E-state index contributed by atoms with van der Waals surface area (Å²) in [5.74, 6) is 6.56. The van der Waals surface area contributed by atoms with Crippen molar-refractivity contribution in [3.63, 3.8) is 0 Å². The zero-order valence-electron chi connectivity index (χ0n) is 69.5. The summed E-state index contributed by atoms with van der Waals surface area (Å²) in [6.45, 7) is 5.82. The molecule has 0 spiro atoms. The monoisotopic (exact) mass is 1720 g/mol. The van der Waals surface area contributed by atoms with E-state index in [4.69, 9.17) is 63.9 Å². The number of aliphatic carboxylic acids is 2. The normalized spacial score (nSPS) is 18.1. The third-order valence-corrected chi connectivity index (χ3v) is 26.4. The molecule has 3 aliphatic carbocycles. The van der Waals surface area contributed by atoms with Gasteiger partial charge in [-0.1, -0.05) is 73.1 Å². The first-order chi connectivity index (χ1) is 60.8. The Hall–Kier alpha value is -13.9. The predicted octanol–water partition coefficient (Wildman–Crippen LogP) is 16.7. The highest BCUT2D eigenvalue weighted by Crippen LogP contribution is 2.45. The van der Waals surface area contributed by atoms with Crippen molar-refractivity contribution in [1.29, 1.82) is 0 Å². The van der Waals surface area contributed by atoms with Crippen LogP contribution in [0.3, 0.4) is 0 Å². The van der Waals surface area contributed by atoms with Gasteiger partial charge in [-0.25, -0.2) is 44.4 Å². The number of nitrogens with one attached hydrogen (secondary N) is 5. The maximum absolute atomic E-state index is 12.7. The summed E-state index contributed by atoms with van der Waals surface area (Å²) in [6, 6.07) is 34.1. The number of imidazole rings is 4. The number of fused-ring (bicyclic) bond motifs is 8. The zero-order chi connectivity index (χ0) is 86.4. The number of anilines is 4. The first kappa shape index (κ1) is 82.1. The van der Waals surface area contributed by atoms with Crippen LogP contribution in [-0.4, -0.2) is 155 Å². The van der Waals surface area contributed by atoms with E-state index in [2.05, 4.69) is 98.0 Å². The number of methoxy groups -OCH3 is 2. The van der Waals surface area contributed by atoms with Gasteiger partial charge in [0.05, 0.1) is 76.0 Å². The third-order valence-electron chi connectivity index (χ3n) is 25.4. The fourth-order valence-electron chi connectivity index (χ4n) is 18.9. The van der Waals surface area contributed by atoms with Crippen LogP contribution in [0, 0.1) is 17.8 Å². The van der Waals surface area contributed by atoms with Crippen LogP contribution in [-0.2, 0) is 20.8 Å². The molecule has 4 aliphatic rings. The lowest BCUT2D eigenvalue weighted by atomic mass is 9.81. The first-order valence-corrected chi connectivity index (χ1v) is 43.7. The number of para-hydroxylation sites is 4. The summed E-state index contributed by atoms with van der Waals surface area (Å²) >= 11 is 7.91. The lowest BCUT2D eigenvalue weighted by Crippen LogP contribution is -2.38. The Kier molecular flexibility index (Phi) is 22.9. The number of ether oxygens (including phenoxy) is 2. The Labute approximate surface area is 725 Å². The molecule has 17 aromatic rings. The van der Waals surface area contributed by atoms with Gasteiger partial charge < -0.3 is 72.8 Å². The molecule has 2 amide bonds. The van der Waals surface area contributed by atoms with E-state index in [1.54, 1.807) is 44.2 Å². The third kappa shape index (κ3) is 15.9. The van der Waals surface area contributed by atoms with Crippen molar-refractivity contribution in [2.45, 2.75) is 134 Å². The molecular formula is C92H96ClN23O8S. The largest absolute Gasteiger partial charge is 0.495 e. The van der Waals surface area contributed by atoms with E-state index >= 15 is 0 Å². The number of carbonyl (C=O) groups excluding carboxylic acids is 2. The summed E-state index contributed by atoms with van der Waals surface area (Å²) < 4.78 is 18.9. The smallest absolute Gasteiger partial charge is 0.306 e. The second kappa shape index (κ2) is 34.8. The van der Waals surface area contributed by atoms with Gasteiger partial charge in [0.15, 0.2) is 5.82 Å². The molecule has 125 heavy (non-hydrogen) atoms. The van der Waals surface area contributed by atoms with Crippen LogP contribution in [0.25, 0.3) is 111 Å². The number of aromatic nitrogens is 17. The van der Waals surface area contributed by atoms with Gasteiger partial charge in [-0.15, -0.1) is 0 Å². The highest BCUT2D eigenvalue weighted by molar-refractivity contribution is 7.08. The first-order valence-electron chi connectivity index (χ1n) is 42.4. The summed E-state index contributed by atoms with van der Waals surface area (Å²) in [5, 5.41) is 34.8. The van der Waals surface area contributed by atoms with E-state index < -0.39 is 11.9 Å². The molecule has 0 radical (unpaired) electrons. The minimum atomic E-state index is -0.706. The molecule has 31 nitrogen and oxygen atoms in total. The number of hydrogen-bond donors (Lipinski definition) is 11. The average Bonchev–Trinajstić information content (AvgIpc) is 1.61. The quantitative estimate of drug-likeness (QED) is 0.0428. The Balaban J connectivity index is 0.000000113. The van der Waals surface area contributed by atoms with E-state index in [-0.39, 0.29) is 41.4 Å². The molecule has 0 unspecified atom stereocenters. The van der Waals surface area contributed by atoms with Crippen LogP contribution >= 0.6 is 22.9 Å². The van der Waals surface area contributed by atoms with Crippen molar-refractivity contribution in [2.24, 2.45) is 17.8 Å². The molecule has 33 heteroatoms. The Morgan fingerprint density at radius 3 is 1.35 bits per heavy atom. The van der Waals surface area contributed by atoms with Crippen molar-refractivity contribution in [3.05, 3.63) is 197 Å². The number of aryl methyl sites for hydroxylation is 1. The molecule has 15 N–H and O–H groups in total. The number of H-pyrrole nitrogens is 4. The molecule has 1 aliphatic heterocycles. The molecule has 1 saturated heterocycles. The highest BCUT2D eigenvalue weighted by Gasteiger charge is 2.36. The van der Waals surface area contributed by atoms with Crippen molar-refractivity contribution >= 4 is 136 Å². The van der Waals surface area contributed by atoms with Crippen molar-refractivity contribution in [3.8, 4) is 57.1 Å². The maximum Gasteiger partial charge on any atom is 0.306 e. The molecule has 4 fully saturated rings. The number of nitrogens with two attached hydrogens (primary N) is 4. The molecule has 21 rings (SSSR count). The summed E-state index contributed by atoms with van der Waals surface area (Å²) in [7, 11) is 3.32. The minimum Gasteiger partial charge on any atom is -0.495 e. The van der Waals surface area contributed by atoms with E-state index in [1.165, 1.54) is 23.2 Å². The van der Waals surface area contributed by atoms with Gasteiger partial charge in [0.25, 0.3) is 5.91 Å². The molecular weight excluding hydrogens is 1620 g/mol. The number of benzene rings is 4.